The summed E-state index contributed by atoms with van der Waals surface area (Å²) in [5, 5.41) is 9.53. The standard InChI is InChI=1S/C34H43N7O3/c1-22-6-9-27-26(19-35-38-27)29(22)23-7-8-25-28(18-23)36-31(43-24-10-14-39(5)15-11-24)37-30(25)40-16-12-34(13-17-40)20-41(21-34)32(42)44-33(2,3)4/h6-9,18-19,24H,10-17,20-21H2,1-5H3,(H,35,38). The minimum atomic E-state index is -0.478. The topological polar surface area (TPSA) is 99.7 Å². The van der Waals surface area contributed by atoms with Crippen LogP contribution in [0.25, 0.3) is 32.9 Å². The molecule has 44 heavy (non-hydrogen) atoms. The molecule has 0 aliphatic carbocycles. The summed E-state index contributed by atoms with van der Waals surface area (Å²) in [6.45, 7) is 13.2. The summed E-state index contributed by atoms with van der Waals surface area (Å²) in [5.74, 6) is 0.931. The lowest BCUT2D eigenvalue weighted by molar-refractivity contribution is -0.0434. The number of aromatic nitrogens is 4. The van der Waals surface area contributed by atoms with Gasteiger partial charge in [-0.2, -0.15) is 15.1 Å². The quantitative estimate of drug-likeness (QED) is 0.316. The number of likely N-dealkylation sites (tertiary alicyclic amines) is 2. The molecule has 2 aromatic heterocycles. The van der Waals surface area contributed by atoms with Crippen LogP contribution >= 0.6 is 0 Å². The number of aryl methyl sites for hydroxylation is 1. The van der Waals surface area contributed by atoms with Crippen LogP contribution in [0.3, 0.4) is 0 Å². The average molecular weight is 598 g/mol. The fraction of sp³-hybridized carbons (Fsp3) is 0.529. The maximum Gasteiger partial charge on any atom is 0.410 e. The van der Waals surface area contributed by atoms with Gasteiger partial charge in [0.05, 0.1) is 17.2 Å². The number of anilines is 1. The molecule has 2 aromatic carbocycles. The highest BCUT2D eigenvalue weighted by atomic mass is 16.6. The van der Waals surface area contributed by atoms with Crippen LogP contribution in [-0.4, -0.2) is 94.1 Å². The molecular weight excluding hydrogens is 554 g/mol. The van der Waals surface area contributed by atoms with E-state index in [1.807, 2.05) is 31.9 Å². The molecule has 3 aliphatic rings. The zero-order valence-corrected chi connectivity index (χ0v) is 26.5. The molecule has 1 spiro atoms. The molecule has 0 radical (unpaired) electrons. The van der Waals surface area contributed by atoms with Crippen molar-refractivity contribution >= 4 is 33.7 Å². The number of H-pyrrole nitrogens is 1. The van der Waals surface area contributed by atoms with Gasteiger partial charge < -0.3 is 24.2 Å². The number of piperidine rings is 2. The van der Waals surface area contributed by atoms with Crippen molar-refractivity contribution in [2.75, 3.05) is 51.2 Å². The van der Waals surface area contributed by atoms with E-state index in [1.165, 1.54) is 5.56 Å². The molecule has 0 unspecified atom stereocenters. The Morgan fingerprint density at radius 3 is 2.48 bits per heavy atom. The van der Waals surface area contributed by atoms with Crippen molar-refractivity contribution < 1.29 is 14.3 Å². The van der Waals surface area contributed by atoms with E-state index in [2.05, 4.69) is 64.3 Å². The Balaban J connectivity index is 1.17. The number of hydrogen-bond acceptors (Lipinski definition) is 8. The third-order valence-electron chi connectivity index (χ3n) is 9.54. The maximum absolute atomic E-state index is 12.6. The number of carbonyl (C=O) groups excluding carboxylic acids is 1. The van der Waals surface area contributed by atoms with Gasteiger partial charge in [-0.25, -0.2) is 4.79 Å². The summed E-state index contributed by atoms with van der Waals surface area (Å²) >= 11 is 0. The monoisotopic (exact) mass is 597 g/mol. The zero-order chi connectivity index (χ0) is 30.6. The van der Waals surface area contributed by atoms with Gasteiger partial charge in [-0.05, 0) is 95.3 Å². The summed E-state index contributed by atoms with van der Waals surface area (Å²) in [6, 6.07) is 11.2. The second kappa shape index (κ2) is 10.9. The zero-order valence-electron chi connectivity index (χ0n) is 26.5. The van der Waals surface area contributed by atoms with Crippen molar-refractivity contribution in [3.63, 3.8) is 0 Å². The van der Waals surface area contributed by atoms with E-state index in [0.717, 1.165) is 104 Å². The lowest BCUT2D eigenvalue weighted by Gasteiger charge is -2.53. The summed E-state index contributed by atoms with van der Waals surface area (Å²) in [7, 11) is 2.16. The number of benzene rings is 2. The Labute approximate surface area is 258 Å². The van der Waals surface area contributed by atoms with E-state index in [1.54, 1.807) is 0 Å². The van der Waals surface area contributed by atoms with Gasteiger partial charge in [-0.1, -0.05) is 12.1 Å². The third kappa shape index (κ3) is 5.56. The molecular formula is C34H43N7O3. The predicted molar refractivity (Wildman–Crippen MR) is 172 cm³/mol. The Kier molecular flexibility index (Phi) is 7.15. The Morgan fingerprint density at radius 1 is 1.00 bits per heavy atom. The number of fused-ring (bicyclic) bond motifs is 2. The van der Waals surface area contributed by atoms with Gasteiger partial charge in [-0.15, -0.1) is 0 Å². The van der Waals surface area contributed by atoms with Crippen molar-refractivity contribution in [3.8, 4) is 17.1 Å². The molecule has 3 saturated heterocycles. The molecule has 0 atom stereocenters. The summed E-state index contributed by atoms with van der Waals surface area (Å²) < 4.78 is 12.1. The van der Waals surface area contributed by atoms with Crippen LogP contribution in [0.4, 0.5) is 10.6 Å². The summed E-state index contributed by atoms with van der Waals surface area (Å²) in [4.78, 5) is 29.2. The molecule has 3 fully saturated rings. The van der Waals surface area contributed by atoms with Crippen molar-refractivity contribution in [2.45, 2.75) is 65.1 Å². The molecule has 7 rings (SSSR count). The molecule has 5 heterocycles. The van der Waals surface area contributed by atoms with Crippen molar-refractivity contribution in [3.05, 3.63) is 42.1 Å². The maximum atomic E-state index is 12.6. The van der Waals surface area contributed by atoms with E-state index in [0.29, 0.717) is 6.01 Å². The third-order valence-corrected chi connectivity index (χ3v) is 9.54. The number of nitrogens with zero attached hydrogens (tertiary/aromatic N) is 6. The van der Waals surface area contributed by atoms with Gasteiger partial charge in [0.1, 0.15) is 17.5 Å². The lowest BCUT2D eigenvalue weighted by Crippen LogP contribution is -2.62. The summed E-state index contributed by atoms with van der Waals surface area (Å²) in [5.41, 5.74) is 5.03. The first kappa shape index (κ1) is 28.8. The highest BCUT2D eigenvalue weighted by Gasteiger charge is 2.48. The molecule has 232 valence electrons. The highest BCUT2D eigenvalue weighted by molar-refractivity contribution is 6.00. The second-order valence-corrected chi connectivity index (χ2v) is 14.1. The first-order valence-corrected chi connectivity index (χ1v) is 15.9. The van der Waals surface area contributed by atoms with Crippen LogP contribution in [0.2, 0.25) is 0 Å². The molecule has 1 N–H and O–H groups in total. The average Bonchev–Trinajstić information content (AvgIpc) is 3.44. The van der Waals surface area contributed by atoms with Gasteiger partial charge in [0.25, 0.3) is 0 Å². The molecule has 0 bridgehead atoms. The molecule has 10 nitrogen and oxygen atoms in total. The Hall–Kier alpha value is -3.92. The number of aromatic amines is 1. The highest BCUT2D eigenvalue weighted by Crippen LogP contribution is 2.43. The first-order chi connectivity index (χ1) is 21.1. The number of nitrogens with one attached hydrogen (secondary N) is 1. The number of hydrogen-bond donors (Lipinski definition) is 1. The lowest BCUT2D eigenvalue weighted by atomic mass is 9.72. The fourth-order valence-electron chi connectivity index (χ4n) is 7.03. The van der Waals surface area contributed by atoms with Gasteiger partial charge in [0, 0.05) is 55.5 Å². The number of rotatable bonds is 4. The number of ether oxygens (including phenoxy) is 2. The Bertz CT molecular complexity index is 1690. The van der Waals surface area contributed by atoms with Gasteiger partial charge in [-0.3, -0.25) is 5.10 Å². The van der Waals surface area contributed by atoms with Crippen LogP contribution in [-0.2, 0) is 4.74 Å². The van der Waals surface area contributed by atoms with Crippen molar-refractivity contribution in [1.82, 2.24) is 30.0 Å². The SMILES string of the molecule is Cc1ccc2[nH]ncc2c1-c1ccc2c(N3CCC4(CC3)CN(C(=O)OC(C)(C)C)C4)nc(OC3CCN(C)CC3)nc2c1. The van der Waals surface area contributed by atoms with Crippen molar-refractivity contribution in [1.29, 1.82) is 0 Å². The first-order valence-electron chi connectivity index (χ1n) is 15.9. The van der Waals surface area contributed by atoms with Gasteiger partial charge >= 0.3 is 12.1 Å². The molecule has 4 aromatic rings. The smallest absolute Gasteiger partial charge is 0.410 e. The van der Waals surface area contributed by atoms with E-state index in [-0.39, 0.29) is 17.6 Å². The van der Waals surface area contributed by atoms with Crippen LogP contribution in [0, 0.1) is 12.3 Å². The molecule has 3 aliphatic heterocycles. The largest absolute Gasteiger partial charge is 0.460 e. The van der Waals surface area contributed by atoms with Crippen molar-refractivity contribution in [2.24, 2.45) is 5.41 Å². The molecule has 0 saturated carbocycles. The number of amides is 1. The Morgan fingerprint density at radius 2 is 1.75 bits per heavy atom. The van der Waals surface area contributed by atoms with Crippen LogP contribution in [0.1, 0.15) is 52.0 Å². The van der Waals surface area contributed by atoms with Gasteiger partial charge in [0.2, 0.25) is 0 Å². The second-order valence-electron chi connectivity index (χ2n) is 14.1. The minimum Gasteiger partial charge on any atom is -0.460 e. The minimum absolute atomic E-state index is 0.111. The van der Waals surface area contributed by atoms with Crippen LogP contribution in [0.15, 0.2) is 36.5 Å². The summed E-state index contributed by atoms with van der Waals surface area (Å²) in [6.07, 6.45) is 5.74. The van der Waals surface area contributed by atoms with E-state index in [4.69, 9.17) is 19.4 Å². The van der Waals surface area contributed by atoms with Crippen LogP contribution in [0.5, 0.6) is 6.01 Å². The number of carbonyl (C=O) groups is 1. The fourth-order valence-corrected chi connectivity index (χ4v) is 7.03. The van der Waals surface area contributed by atoms with E-state index >= 15 is 0 Å². The predicted octanol–water partition coefficient (Wildman–Crippen LogP) is 5.79. The molecule has 1 amide bonds. The van der Waals surface area contributed by atoms with E-state index in [9.17, 15) is 4.79 Å². The van der Waals surface area contributed by atoms with Gasteiger partial charge in [0.15, 0.2) is 0 Å². The van der Waals surface area contributed by atoms with Crippen LogP contribution < -0.4 is 9.64 Å². The molecule has 10 heteroatoms. The van der Waals surface area contributed by atoms with E-state index < -0.39 is 5.60 Å². The normalized spacial score (nSPS) is 19.5.